The molecular formula is C9H14N4OS. The van der Waals surface area contributed by atoms with Crippen LogP contribution in [0.2, 0.25) is 0 Å². The van der Waals surface area contributed by atoms with Gasteiger partial charge in [0.2, 0.25) is 0 Å². The fraction of sp³-hybridized carbons (Fsp3) is 0.444. The van der Waals surface area contributed by atoms with Crippen molar-refractivity contribution in [2.75, 3.05) is 0 Å². The number of nitrogens with zero attached hydrogens (tertiary/aromatic N) is 2. The molecule has 1 rings (SSSR count). The standard InChI is InChI=1S/C9H14N4OS/c1-3-7(8(10)15)12-9(14)6-4-11-13(2)5-6/h4-5,7H,3H2,1-2H3,(H2,10,15)(H,12,14). The molecule has 0 aliphatic carbocycles. The van der Waals surface area contributed by atoms with Gasteiger partial charge in [-0.15, -0.1) is 0 Å². The maximum Gasteiger partial charge on any atom is 0.255 e. The molecule has 0 bridgehead atoms. The van der Waals surface area contributed by atoms with Gasteiger partial charge in [-0.2, -0.15) is 5.10 Å². The predicted octanol–water partition coefficient (Wildman–Crippen LogP) is 0.215. The third-order valence-corrected chi connectivity index (χ3v) is 2.31. The molecule has 82 valence electrons. The second-order valence-electron chi connectivity index (χ2n) is 3.24. The van der Waals surface area contributed by atoms with Crippen LogP contribution in [0.15, 0.2) is 12.4 Å². The third kappa shape index (κ3) is 3.02. The quantitative estimate of drug-likeness (QED) is 0.720. The molecule has 1 amide bonds. The number of nitrogens with two attached hydrogens (primary N) is 1. The molecule has 15 heavy (non-hydrogen) atoms. The number of carbonyl (C=O) groups excluding carboxylic acids is 1. The van der Waals surface area contributed by atoms with E-state index in [-0.39, 0.29) is 11.9 Å². The van der Waals surface area contributed by atoms with Crippen LogP contribution in [0.25, 0.3) is 0 Å². The number of aromatic nitrogens is 2. The van der Waals surface area contributed by atoms with Crippen molar-refractivity contribution < 1.29 is 4.79 Å². The topological polar surface area (TPSA) is 72.9 Å². The van der Waals surface area contributed by atoms with Crippen LogP contribution in [-0.2, 0) is 7.05 Å². The van der Waals surface area contributed by atoms with Gasteiger partial charge < -0.3 is 11.1 Å². The first-order chi connectivity index (χ1) is 7.04. The molecule has 1 aromatic rings. The van der Waals surface area contributed by atoms with E-state index in [1.165, 1.54) is 6.20 Å². The highest BCUT2D eigenvalue weighted by Crippen LogP contribution is 1.99. The summed E-state index contributed by atoms with van der Waals surface area (Å²) in [4.78, 5) is 12.0. The highest BCUT2D eigenvalue weighted by molar-refractivity contribution is 7.80. The summed E-state index contributed by atoms with van der Waals surface area (Å²) in [5, 5.41) is 6.64. The molecule has 0 saturated carbocycles. The molecule has 0 aromatic carbocycles. The van der Waals surface area contributed by atoms with E-state index in [0.29, 0.717) is 17.0 Å². The molecule has 5 nitrogen and oxygen atoms in total. The lowest BCUT2D eigenvalue weighted by Gasteiger charge is -2.14. The van der Waals surface area contributed by atoms with Gasteiger partial charge in [0.25, 0.3) is 5.91 Å². The number of nitrogens with one attached hydrogen (secondary N) is 1. The molecule has 1 heterocycles. The number of rotatable bonds is 4. The Morgan fingerprint density at radius 3 is 2.87 bits per heavy atom. The smallest absolute Gasteiger partial charge is 0.255 e. The molecule has 0 spiro atoms. The number of thiocarbonyl (C=S) groups is 1. The Labute approximate surface area is 93.6 Å². The first kappa shape index (κ1) is 11.6. The summed E-state index contributed by atoms with van der Waals surface area (Å²) in [6, 6.07) is -0.257. The van der Waals surface area contributed by atoms with Gasteiger partial charge in [0, 0.05) is 13.2 Å². The SMILES string of the molecule is CCC(NC(=O)c1cnn(C)c1)C(N)=S. The molecule has 0 aliphatic heterocycles. The van der Waals surface area contributed by atoms with Crippen molar-refractivity contribution >= 4 is 23.1 Å². The highest BCUT2D eigenvalue weighted by Gasteiger charge is 2.14. The van der Waals surface area contributed by atoms with E-state index in [1.807, 2.05) is 6.92 Å². The van der Waals surface area contributed by atoms with E-state index in [0.717, 1.165) is 0 Å². The van der Waals surface area contributed by atoms with Gasteiger partial charge in [-0.05, 0) is 6.42 Å². The largest absolute Gasteiger partial charge is 0.392 e. The number of hydrogen-bond acceptors (Lipinski definition) is 3. The molecule has 0 aliphatic rings. The van der Waals surface area contributed by atoms with Crippen LogP contribution < -0.4 is 11.1 Å². The summed E-state index contributed by atoms with van der Waals surface area (Å²) < 4.78 is 1.57. The lowest BCUT2D eigenvalue weighted by Crippen LogP contribution is -2.42. The minimum atomic E-state index is -0.257. The summed E-state index contributed by atoms with van der Waals surface area (Å²) in [7, 11) is 1.75. The van der Waals surface area contributed by atoms with Crippen molar-refractivity contribution in [2.24, 2.45) is 12.8 Å². The fourth-order valence-electron chi connectivity index (χ4n) is 1.15. The molecule has 1 aromatic heterocycles. The van der Waals surface area contributed by atoms with E-state index in [4.69, 9.17) is 18.0 Å². The molecule has 0 fully saturated rings. The normalized spacial score (nSPS) is 12.1. The Bertz CT molecular complexity index is 374. The number of amides is 1. The van der Waals surface area contributed by atoms with E-state index in [1.54, 1.807) is 17.9 Å². The lowest BCUT2D eigenvalue weighted by atomic mass is 10.2. The predicted molar refractivity (Wildman–Crippen MR) is 61.5 cm³/mol. The van der Waals surface area contributed by atoms with Crippen molar-refractivity contribution in [2.45, 2.75) is 19.4 Å². The van der Waals surface area contributed by atoms with Crippen molar-refractivity contribution in [1.82, 2.24) is 15.1 Å². The van der Waals surface area contributed by atoms with Gasteiger partial charge in [-0.25, -0.2) is 0 Å². The summed E-state index contributed by atoms with van der Waals surface area (Å²) in [5.74, 6) is -0.206. The minimum Gasteiger partial charge on any atom is -0.392 e. The van der Waals surface area contributed by atoms with Gasteiger partial charge >= 0.3 is 0 Å². The van der Waals surface area contributed by atoms with Crippen LogP contribution in [0.5, 0.6) is 0 Å². The van der Waals surface area contributed by atoms with Crippen molar-refractivity contribution in [3.05, 3.63) is 18.0 Å². The van der Waals surface area contributed by atoms with Crippen LogP contribution in [0, 0.1) is 0 Å². The van der Waals surface area contributed by atoms with Crippen molar-refractivity contribution in [3.63, 3.8) is 0 Å². The monoisotopic (exact) mass is 226 g/mol. The number of hydrogen-bond donors (Lipinski definition) is 2. The minimum absolute atomic E-state index is 0.206. The lowest BCUT2D eigenvalue weighted by molar-refractivity contribution is 0.0946. The average Bonchev–Trinajstić information content (AvgIpc) is 2.60. The molecule has 6 heteroatoms. The Morgan fingerprint density at radius 2 is 2.47 bits per heavy atom. The molecule has 0 radical (unpaired) electrons. The molecule has 3 N–H and O–H groups in total. The summed E-state index contributed by atoms with van der Waals surface area (Å²) in [6.07, 6.45) is 3.82. The Hall–Kier alpha value is -1.43. The summed E-state index contributed by atoms with van der Waals surface area (Å²) in [6.45, 7) is 1.91. The van der Waals surface area contributed by atoms with Gasteiger partial charge in [0.15, 0.2) is 0 Å². The van der Waals surface area contributed by atoms with Crippen LogP contribution in [0.3, 0.4) is 0 Å². The molecule has 1 atom stereocenters. The first-order valence-corrected chi connectivity index (χ1v) is 5.04. The zero-order chi connectivity index (χ0) is 11.4. The Morgan fingerprint density at radius 1 is 1.80 bits per heavy atom. The van der Waals surface area contributed by atoms with Crippen molar-refractivity contribution in [3.8, 4) is 0 Å². The van der Waals surface area contributed by atoms with E-state index in [9.17, 15) is 4.79 Å². The maximum atomic E-state index is 11.7. The van der Waals surface area contributed by atoms with Crippen LogP contribution in [0.4, 0.5) is 0 Å². The van der Waals surface area contributed by atoms with Crippen LogP contribution in [-0.4, -0.2) is 26.7 Å². The Balaban J connectivity index is 2.66. The molecule has 1 unspecified atom stereocenters. The number of carbonyl (C=O) groups is 1. The second kappa shape index (κ2) is 4.88. The highest BCUT2D eigenvalue weighted by atomic mass is 32.1. The fourth-order valence-corrected chi connectivity index (χ4v) is 1.38. The average molecular weight is 226 g/mol. The van der Waals surface area contributed by atoms with Gasteiger partial charge in [0.05, 0.1) is 22.8 Å². The number of aryl methyl sites for hydroxylation is 1. The van der Waals surface area contributed by atoms with Gasteiger partial charge in [-0.3, -0.25) is 9.48 Å². The zero-order valence-electron chi connectivity index (χ0n) is 8.73. The van der Waals surface area contributed by atoms with Gasteiger partial charge in [-0.1, -0.05) is 19.1 Å². The molecule has 0 saturated heterocycles. The van der Waals surface area contributed by atoms with Crippen molar-refractivity contribution in [1.29, 1.82) is 0 Å². The summed E-state index contributed by atoms with van der Waals surface area (Å²) >= 11 is 4.83. The molecular weight excluding hydrogens is 212 g/mol. The third-order valence-electron chi connectivity index (χ3n) is 2.02. The van der Waals surface area contributed by atoms with E-state index >= 15 is 0 Å². The van der Waals surface area contributed by atoms with E-state index < -0.39 is 0 Å². The van der Waals surface area contributed by atoms with E-state index in [2.05, 4.69) is 10.4 Å². The van der Waals surface area contributed by atoms with Crippen LogP contribution in [0.1, 0.15) is 23.7 Å². The maximum absolute atomic E-state index is 11.7. The zero-order valence-corrected chi connectivity index (χ0v) is 9.54. The van der Waals surface area contributed by atoms with Gasteiger partial charge in [0.1, 0.15) is 0 Å². The second-order valence-corrected chi connectivity index (χ2v) is 3.71. The Kier molecular flexibility index (Phi) is 3.79. The summed E-state index contributed by atoms with van der Waals surface area (Å²) in [5.41, 5.74) is 5.98. The first-order valence-electron chi connectivity index (χ1n) is 4.63. The van der Waals surface area contributed by atoms with Crippen LogP contribution >= 0.6 is 12.2 Å².